The summed E-state index contributed by atoms with van der Waals surface area (Å²) in [5.74, 6) is -0.201. The highest BCUT2D eigenvalue weighted by Gasteiger charge is 2.42. The van der Waals surface area contributed by atoms with Gasteiger partial charge in [-0.3, -0.25) is 14.9 Å². The SMILES string of the molecule is COC(=O)c1ccc([C@@H]2c3c(C)nn(-c4ccc([N+](=O)[O-])cc4)c3N=C3C(=O)Nc4ccccc4N32)cc1. The lowest BCUT2D eigenvalue weighted by Crippen LogP contribution is -2.48. The van der Waals surface area contributed by atoms with Crippen LogP contribution in [0.4, 0.5) is 22.9 Å². The number of rotatable bonds is 4. The topological polar surface area (TPSA) is 132 Å². The lowest BCUT2D eigenvalue weighted by atomic mass is 9.92. The third-order valence-electron chi connectivity index (χ3n) is 6.62. The number of benzene rings is 3. The number of fused-ring (bicyclic) bond motifs is 4. The molecule has 1 amide bonds. The Balaban J connectivity index is 1.58. The van der Waals surface area contributed by atoms with Crippen molar-refractivity contribution >= 4 is 40.6 Å². The molecule has 0 spiro atoms. The monoisotopic (exact) mass is 508 g/mol. The highest BCUT2D eigenvalue weighted by atomic mass is 16.6. The Kier molecular flexibility index (Phi) is 5.26. The molecule has 0 unspecified atom stereocenters. The van der Waals surface area contributed by atoms with Gasteiger partial charge in [0.25, 0.3) is 11.6 Å². The van der Waals surface area contributed by atoms with Crippen LogP contribution in [0.1, 0.15) is 33.2 Å². The van der Waals surface area contributed by atoms with Gasteiger partial charge in [0.1, 0.15) is 0 Å². The second kappa shape index (κ2) is 8.66. The van der Waals surface area contributed by atoms with Gasteiger partial charge in [-0.1, -0.05) is 24.3 Å². The molecule has 6 rings (SSSR count). The highest BCUT2D eigenvalue weighted by Crippen LogP contribution is 2.47. The van der Waals surface area contributed by atoms with Crippen molar-refractivity contribution in [2.24, 2.45) is 4.99 Å². The zero-order valence-corrected chi connectivity index (χ0v) is 20.3. The number of ether oxygens (including phenoxy) is 1. The molecular formula is C27H20N6O5. The number of amidine groups is 1. The first-order chi connectivity index (χ1) is 18.4. The molecule has 2 aliphatic rings. The molecule has 0 fully saturated rings. The van der Waals surface area contributed by atoms with Gasteiger partial charge >= 0.3 is 5.97 Å². The lowest BCUT2D eigenvalue weighted by Gasteiger charge is -2.40. The summed E-state index contributed by atoms with van der Waals surface area (Å²) in [4.78, 5) is 42.7. The molecule has 1 N–H and O–H groups in total. The Morgan fingerprint density at radius 3 is 2.45 bits per heavy atom. The Morgan fingerprint density at radius 1 is 1.05 bits per heavy atom. The van der Waals surface area contributed by atoms with Crippen LogP contribution >= 0.6 is 0 Å². The van der Waals surface area contributed by atoms with E-state index in [4.69, 9.17) is 14.8 Å². The van der Waals surface area contributed by atoms with E-state index in [-0.39, 0.29) is 17.4 Å². The summed E-state index contributed by atoms with van der Waals surface area (Å²) in [6.07, 6.45) is 0. The number of nitrogens with one attached hydrogen (secondary N) is 1. The first kappa shape index (κ1) is 23.1. The number of methoxy groups -OCH3 is 1. The van der Waals surface area contributed by atoms with Gasteiger partial charge in [-0.15, -0.1) is 0 Å². The summed E-state index contributed by atoms with van der Waals surface area (Å²) in [6.45, 7) is 1.85. The van der Waals surface area contributed by atoms with Crippen LogP contribution in [0.25, 0.3) is 5.69 Å². The fourth-order valence-corrected chi connectivity index (χ4v) is 4.87. The van der Waals surface area contributed by atoms with Crippen LogP contribution in [-0.4, -0.2) is 39.5 Å². The molecule has 3 aromatic carbocycles. The largest absolute Gasteiger partial charge is 0.465 e. The number of hydrogen-bond acceptors (Lipinski definition) is 8. The maximum atomic E-state index is 13.3. The van der Waals surface area contributed by atoms with Gasteiger partial charge in [0.2, 0.25) is 5.84 Å². The fraction of sp³-hybridized carbons (Fsp3) is 0.111. The van der Waals surface area contributed by atoms with Crippen molar-refractivity contribution in [3.63, 3.8) is 0 Å². The number of esters is 1. The molecule has 188 valence electrons. The number of carbonyl (C=O) groups excluding carboxylic acids is 2. The van der Waals surface area contributed by atoms with Crippen molar-refractivity contribution < 1.29 is 19.2 Å². The quantitative estimate of drug-likeness (QED) is 0.244. The van der Waals surface area contributed by atoms with Crippen LogP contribution in [0.15, 0.2) is 77.8 Å². The number of aryl methyl sites for hydroxylation is 1. The van der Waals surface area contributed by atoms with Crippen LogP contribution in [0.2, 0.25) is 0 Å². The third-order valence-corrected chi connectivity index (χ3v) is 6.62. The molecule has 0 radical (unpaired) electrons. The van der Waals surface area contributed by atoms with E-state index in [9.17, 15) is 19.7 Å². The summed E-state index contributed by atoms with van der Waals surface area (Å²) in [6, 6.07) is 19.9. The van der Waals surface area contributed by atoms with Crippen LogP contribution in [0.5, 0.6) is 0 Å². The van der Waals surface area contributed by atoms with Gasteiger partial charge in [0.05, 0.1) is 46.4 Å². The van der Waals surface area contributed by atoms with Crippen molar-refractivity contribution in [3.05, 3.63) is 105 Å². The zero-order valence-electron chi connectivity index (χ0n) is 20.3. The highest BCUT2D eigenvalue weighted by molar-refractivity contribution is 6.50. The number of para-hydroxylation sites is 2. The van der Waals surface area contributed by atoms with Crippen molar-refractivity contribution in [2.45, 2.75) is 13.0 Å². The summed E-state index contributed by atoms with van der Waals surface area (Å²) >= 11 is 0. The second-order valence-corrected chi connectivity index (χ2v) is 8.80. The van der Waals surface area contributed by atoms with E-state index < -0.39 is 16.9 Å². The smallest absolute Gasteiger partial charge is 0.337 e. The molecule has 3 heterocycles. The minimum atomic E-state index is -0.497. The summed E-state index contributed by atoms with van der Waals surface area (Å²) in [7, 11) is 1.33. The van der Waals surface area contributed by atoms with E-state index in [1.54, 1.807) is 28.9 Å². The number of carbonyl (C=O) groups is 2. The summed E-state index contributed by atoms with van der Waals surface area (Å²) in [5, 5.41) is 18.8. The van der Waals surface area contributed by atoms with E-state index in [0.717, 1.165) is 16.8 Å². The number of aromatic nitrogens is 2. The summed E-state index contributed by atoms with van der Waals surface area (Å²) < 4.78 is 6.43. The molecule has 1 aromatic heterocycles. The molecule has 0 aliphatic carbocycles. The average Bonchev–Trinajstić information content (AvgIpc) is 3.27. The van der Waals surface area contributed by atoms with Crippen molar-refractivity contribution in [1.82, 2.24) is 9.78 Å². The van der Waals surface area contributed by atoms with E-state index in [0.29, 0.717) is 28.5 Å². The number of nitro benzene ring substituents is 1. The van der Waals surface area contributed by atoms with Gasteiger partial charge in [0, 0.05) is 17.7 Å². The number of non-ortho nitro benzene ring substituents is 1. The van der Waals surface area contributed by atoms with Crippen LogP contribution < -0.4 is 10.2 Å². The molecule has 0 bridgehead atoms. The summed E-state index contributed by atoms with van der Waals surface area (Å²) in [5.41, 5.74) is 4.58. The number of nitrogens with zero attached hydrogens (tertiary/aromatic N) is 5. The lowest BCUT2D eigenvalue weighted by molar-refractivity contribution is -0.384. The van der Waals surface area contributed by atoms with E-state index >= 15 is 0 Å². The Bertz CT molecular complexity index is 1660. The fourth-order valence-electron chi connectivity index (χ4n) is 4.87. The Hall–Kier alpha value is -5.32. The Labute approximate surface area is 216 Å². The van der Waals surface area contributed by atoms with Gasteiger partial charge < -0.3 is 15.0 Å². The normalized spacial score (nSPS) is 15.5. The zero-order chi connectivity index (χ0) is 26.6. The number of aliphatic imine (C=N–C) groups is 1. The molecule has 0 saturated carbocycles. The number of nitro groups is 1. The molecule has 0 saturated heterocycles. The van der Waals surface area contributed by atoms with E-state index in [2.05, 4.69) is 5.32 Å². The van der Waals surface area contributed by atoms with Crippen molar-refractivity contribution in [2.75, 3.05) is 17.3 Å². The molecule has 11 nitrogen and oxygen atoms in total. The van der Waals surface area contributed by atoms with Gasteiger partial charge in [-0.25, -0.2) is 14.5 Å². The molecule has 38 heavy (non-hydrogen) atoms. The Morgan fingerprint density at radius 2 is 1.76 bits per heavy atom. The standard InChI is InChI=1S/C27H20N6O5/c1-15-22-23(16-7-9-17(10-8-16)27(35)38-2)31-21-6-4-3-5-20(21)28-26(34)25(31)29-24(22)32(30-15)18-11-13-19(14-12-18)33(36)37/h3-14,23H,1-2H3,(H,28,34)/t23-/m1/s1. The molecule has 1 atom stereocenters. The number of anilines is 2. The van der Waals surface area contributed by atoms with Crippen molar-refractivity contribution in [1.29, 1.82) is 0 Å². The van der Waals surface area contributed by atoms with Crippen LogP contribution in [0, 0.1) is 17.0 Å². The predicted molar refractivity (Wildman–Crippen MR) is 139 cm³/mol. The van der Waals surface area contributed by atoms with Crippen LogP contribution in [-0.2, 0) is 9.53 Å². The maximum absolute atomic E-state index is 13.3. The van der Waals surface area contributed by atoms with Crippen LogP contribution in [0.3, 0.4) is 0 Å². The van der Waals surface area contributed by atoms with E-state index in [1.807, 2.05) is 48.2 Å². The maximum Gasteiger partial charge on any atom is 0.337 e. The van der Waals surface area contributed by atoms with Gasteiger partial charge in [-0.2, -0.15) is 5.10 Å². The minimum absolute atomic E-state index is 0.0455. The third kappa shape index (κ3) is 3.52. The minimum Gasteiger partial charge on any atom is -0.465 e. The molecule has 2 aliphatic heterocycles. The molecule has 11 heteroatoms. The number of amides is 1. The number of hydrogen-bond donors (Lipinski definition) is 1. The first-order valence-corrected chi connectivity index (χ1v) is 11.7. The van der Waals surface area contributed by atoms with Crippen molar-refractivity contribution in [3.8, 4) is 5.69 Å². The molecular weight excluding hydrogens is 488 g/mol. The molecule has 4 aromatic rings. The van der Waals surface area contributed by atoms with Gasteiger partial charge in [0.15, 0.2) is 5.82 Å². The van der Waals surface area contributed by atoms with E-state index in [1.165, 1.54) is 19.2 Å². The second-order valence-electron chi connectivity index (χ2n) is 8.80. The predicted octanol–water partition coefficient (Wildman–Crippen LogP) is 4.47. The first-order valence-electron chi connectivity index (χ1n) is 11.7. The van der Waals surface area contributed by atoms with Gasteiger partial charge in [-0.05, 0) is 48.9 Å². The average molecular weight is 508 g/mol.